The van der Waals surface area contributed by atoms with Gasteiger partial charge < -0.3 is 5.11 Å². The maximum atomic E-state index is 8.46. The van der Waals surface area contributed by atoms with Crippen LogP contribution in [0.4, 0.5) is 0 Å². The SMILES string of the molecule is CCCCCC#CC#CCCCO. The lowest BCUT2D eigenvalue weighted by Gasteiger charge is -1.86. The van der Waals surface area contributed by atoms with E-state index in [0.29, 0.717) is 0 Å². The van der Waals surface area contributed by atoms with Gasteiger partial charge in [0, 0.05) is 19.4 Å². The summed E-state index contributed by atoms with van der Waals surface area (Å²) in [5, 5.41) is 8.46. The number of hydrogen-bond acceptors (Lipinski definition) is 1. The summed E-state index contributed by atoms with van der Waals surface area (Å²) in [6.07, 6.45) is 6.14. The Morgan fingerprint density at radius 3 is 2.08 bits per heavy atom. The first kappa shape index (κ1) is 12.1. The third kappa shape index (κ3) is 11.1. The molecule has 0 heterocycles. The molecule has 72 valence electrons. The molecule has 0 fully saturated rings. The summed E-state index contributed by atoms with van der Waals surface area (Å²) in [6.45, 7) is 2.40. The zero-order valence-electron chi connectivity index (χ0n) is 8.40. The maximum Gasteiger partial charge on any atom is 0.0440 e. The highest BCUT2D eigenvalue weighted by Crippen LogP contribution is 1.96. The van der Waals surface area contributed by atoms with Gasteiger partial charge >= 0.3 is 0 Å². The molecule has 0 aliphatic carbocycles. The molecule has 0 atom stereocenters. The fourth-order valence-corrected chi connectivity index (χ4v) is 0.844. The fourth-order valence-electron chi connectivity index (χ4n) is 0.844. The summed E-state index contributed by atoms with van der Waals surface area (Å²) in [7, 11) is 0. The standard InChI is InChI=1S/C12H18O/c1-2-3-4-5-6-7-8-9-10-11-12-13/h13H,2-5,10-12H2,1H3. The van der Waals surface area contributed by atoms with Gasteiger partial charge in [-0.3, -0.25) is 0 Å². The lowest BCUT2D eigenvalue weighted by molar-refractivity contribution is 0.290. The van der Waals surface area contributed by atoms with E-state index in [-0.39, 0.29) is 6.61 Å². The van der Waals surface area contributed by atoms with E-state index in [9.17, 15) is 0 Å². The van der Waals surface area contributed by atoms with Gasteiger partial charge in [0.05, 0.1) is 0 Å². The molecule has 13 heavy (non-hydrogen) atoms. The van der Waals surface area contributed by atoms with Crippen molar-refractivity contribution in [2.45, 2.75) is 45.4 Å². The normalized spacial score (nSPS) is 8.15. The molecule has 0 rings (SSSR count). The van der Waals surface area contributed by atoms with Crippen molar-refractivity contribution in [2.24, 2.45) is 0 Å². The molecule has 0 aromatic rings. The van der Waals surface area contributed by atoms with Crippen LogP contribution in [0.15, 0.2) is 0 Å². The van der Waals surface area contributed by atoms with E-state index < -0.39 is 0 Å². The second kappa shape index (κ2) is 11.1. The predicted octanol–water partition coefficient (Wildman–Crippen LogP) is 2.35. The van der Waals surface area contributed by atoms with Crippen LogP contribution >= 0.6 is 0 Å². The van der Waals surface area contributed by atoms with E-state index in [1.165, 1.54) is 19.3 Å². The molecule has 0 aromatic heterocycles. The maximum absolute atomic E-state index is 8.46. The van der Waals surface area contributed by atoms with Gasteiger partial charge in [-0.2, -0.15) is 0 Å². The largest absolute Gasteiger partial charge is 0.396 e. The fraction of sp³-hybridized carbons (Fsp3) is 0.667. The molecule has 0 saturated heterocycles. The zero-order chi connectivity index (χ0) is 9.78. The summed E-state index contributed by atoms with van der Waals surface area (Å²) in [6, 6.07) is 0. The molecule has 0 spiro atoms. The Bertz CT molecular complexity index is 209. The van der Waals surface area contributed by atoms with Crippen LogP contribution in [0.1, 0.15) is 45.4 Å². The van der Waals surface area contributed by atoms with Crippen molar-refractivity contribution in [3.8, 4) is 23.7 Å². The number of hydrogen-bond donors (Lipinski definition) is 1. The second-order valence-electron chi connectivity index (χ2n) is 2.89. The quantitative estimate of drug-likeness (QED) is 0.506. The number of aliphatic hydroxyl groups excluding tert-OH is 1. The van der Waals surface area contributed by atoms with Crippen LogP contribution in [-0.2, 0) is 0 Å². The minimum atomic E-state index is 0.221. The van der Waals surface area contributed by atoms with E-state index in [2.05, 4.69) is 30.6 Å². The lowest BCUT2D eigenvalue weighted by Crippen LogP contribution is -1.78. The van der Waals surface area contributed by atoms with E-state index in [4.69, 9.17) is 5.11 Å². The Labute approximate surface area is 81.5 Å². The minimum Gasteiger partial charge on any atom is -0.396 e. The molecule has 0 aromatic carbocycles. The van der Waals surface area contributed by atoms with Gasteiger partial charge in [-0.25, -0.2) is 0 Å². The summed E-state index contributed by atoms with van der Waals surface area (Å²) >= 11 is 0. The van der Waals surface area contributed by atoms with Gasteiger partial charge in [0.25, 0.3) is 0 Å². The summed E-state index contributed by atoms with van der Waals surface area (Å²) in [5.41, 5.74) is 0. The monoisotopic (exact) mass is 178 g/mol. The Balaban J connectivity index is 3.30. The highest BCUT2D eigenvalue weighted by molar-refractivity contribution is 5.25. The molecular formula is C12H18O. The predicted molar refractivity (Wildman–Crippen MR) is 56.0 cm³/mol. The van der Waals surface area contributed by atoms with Crippen molar-refractivity contribution < 1.29 is 5.11 Å². The van der Waals surface area contributed by atoms with Crippen molar-refractivity contribution in [1.29, 1.82) is 0 Å². The molecule has 0 bridgehead atoms. The summed E-state index contributed by atoms with van der Waals surface area (Å²) in [4.78, 5) is 0. The zero-order valence-corrected chi connectivity index (χ0v) is 8.40. The van der Waals surface area contributed by atoms with Crippen molar-refractivity contribution in [3.05, 3.63) is 0 Å². The van der Waals surface area contributed by atoms with Crippen LogP contribution < -0.4 is 0 Å². The summed E-state index contributed by atoms with van der Waals surface area (Å²) in [5.74, 6) is 11.5. The van der Waals surface area contributed by atoms with Crippen molar-refractivity contribution in [2.75, 3.05) is 6.61 Å². The highest BCUT2D eigenvalue weighted by atomic mass is 16.2. The molecule has 0 saturated carbocycles. The van der Waals surface area contributed by atoms with Gasteiger partial charge in [-0.15, -0.1) is 0 Å². The van der Waals surface area contributed by atoms with Crippen LogP contribution in [0.3, 0.4) is 0 Å². The first-order valence-electron chi connectivity index (χ1n) is 4.98. The minimum absolute atomic E-state index is 0.221. The molecular weight excluding hydrogens is 160 g/mol. The highest BCUT2D eigenvalue weighted by Gasteiger charge is 1.79. The summed E-state index contributed by atoms with van der Waals surface area (Å²) < 4.78 is 0. The van der Waals surface area contributed by atoms with Crippen molar-refractivity contribution in [3.63, 3.8) is 0 Å². The van der Waals surface area contributed by atoms with Crippen LogP contribution in [0.25, 0.3) is 0 Å². The molecule has 0 aliphatic rings. The molecule has 0 unspecified atom stereocenters. The first-order valence-corrected chi connectivity index (χ1v) is 4.98. The molecule has 0 amide bonds. The molecule has 0 aliphatic heterocycles. The third-order valence-corrected chi connectivity index (χ3v) is 1.60. The Morgan fingerprint density at radius 2 is 1.54 bits per heavy atom. The topological polar surface area (TPSA) is 20.2 Å². The van der Waals surface area contributed by atoms with Crippen LogP contribution in [0, 0.1) is 23.7 Å². The van der Waals surface area contributed by atoms with Gasteiger partial charge in [0.1, 0.15) is 0 Å². The van der Waals surface area contributed by atoms with Crippen LogP contribution in [-0.4, -0.2) is 11.7 Å². The first-order chi connectivity index (χ1) is 6.41. The van der Waals surface area contributed by atoms with E-state index in [1.807, 2.05) is 0 Å². The van der Waals surface area contributed by atoms with Gasteiger partial charge in [0.2, 0.25) is 0 Å². The molecule has 1 nitrogen and oxygen atoms in total. The van der Waals surface area contributed by atoms with Crippen LogP contribution in [0.2, 0.25) is 0 Å². The Morgan fingerprint density at radius 1 is 0.923 bits per heavy atom. The van der Waals surface area contributed by atoms with Crippen molar-refractivity contribution in [1.82, 2.24) is 0 Å². The number of aliphatic hydroxyl groups is 1. The number of rotatable bonds is 5. The smallest absolute Gasteiger partial charge is 0.0440 e. The average Bonchev–Trinajstić information content (AvgIpc) is 2.16. The van der Waals surface area contributed by atoms with Crippen molar-refractivity contribution >= 4 is 0 Å². The molecule has 0 radical (unpaired) electrons. The van der Waals surface area contributed by atoms with Gasteiger partial charge in [0.15, 0.2) is 0 Å². The molecule has 1 heteroatoms. The lowest BCUT2D eigenvalue weighted by atomic mass is 10.2. The number of unbranched alkanes of at least 4 members (excludes halogenated alkanes) is 4. The van der Waals surface area contributed by atoms with Crippen LogP contribution in [0.5, 0.6) is 0 Å². The second-order valence-corrected chi connectivity index (χ2v) is 2.89. The van der Waals surface area contributed by atoms with E-state index in [1.54, 1.807) is 0 Å². The van der Waals surface area contributed by atoms with Gasteiger partial charge in [-0.1, -0.05) is 31.6 Å². The van der Waals surface area contributed by atoms with Gasteiger partial charge in [-0.05, 0) is 24.7 Å². The Kier molecular flexibility index (Phi) is 10.3. The Hall–Kier alpha value is -0.920. The molecule has 1 N–H and O–H groups in total. The average molecular weight is 178 g/mol. The van der Waals surface area contributed by atoms with E-state index in [0.717, 1.165) is 19.3 Å². The van der Waals surface area contributed by atoms with E-state index >= 15 is 0 Å². The third-order valence-electron chi connectivity index (χ3n) is 1.60.